The van der Waals surface area contributed by atoms with E-state index in [1.807, 2.05) is 25.7 Å². The Bertz CT molecular complexity index is 658. The molecule has 2 saturated heterocycles. The molecular weight excluding hydrogens is 342 g/mol. The van der Waals surface area contributed by atoms with Crippen molar-refractivity contribution in [2.24, 2.45) is 0 Å². The molecule has 0 saturated carbocycles. The maximum Gasteiger partial charge on any atom is 0.410 e. The Kier molecular flexibility index (Phi) is 4.77. The van der Waals surface area contributed by atoms with Gasteiger partial charge in [0.05, 0.1) is 13.7 Å². The van der Waals surface area contributed by atoms with Crippen molar-refractivity contribution in [2.45, 2.75) is 89.4 Å². The normalized spacial score (nSPS) is 29.0. The summed E-state index contributed by atoms with van der Waals surface area (Å²) in [4.78, 5) is 14.5. The van der Waals surface area contributed by atoms with Gasteiger partial charge in [0.2, 0.25) is 0 Å². The second-order valence-electron chi connectivity index (χ2n) is 10.0. The maximum atomic E-state index is 12.6. The fraction of sp³-hybridized carbons (Fsp3) is 0.667. The van der Waals surface area contributed by atoms with E-state index in [0.717, 1.165) is 18.4 Å². The molecule has 4 nitrogen and oxygen atoms in total. The standard InChI is InChI=1S/C21H33NO3Si/c1-20(2,3)25-19(23)22-16-9-10-17(22)14-21(24,13-16)15-7-11-18(12-8-15)26(4,5)6/h7-8,11-12,16-17,24H,9-10,13-14H2,1-6H3. The van der Waals surface area contributed by atoms with Crippen LogP contribution in [0.5, 0.6) is 0 Å². The minimum Gasteiger partial charge on any atom is -0.444 e. The number of aliphatic hydroxyl groups is 1. The molecule has 2 atom stereocenters. The summed E-state index contributed by atoms with van der Waals surface area (Å²) in [6, 6.07) is 8.67. The third kappa shape index (κ3) is 3.84. The molecule has 1 amide bonds. The molecule has 0 aliphatic carbocycles. The van der Waals surface area contributed by atoms with Crippen molar-refractivity contribution in [1.82, 2.24) is 4.90 Å². The van der Waals surface area contributed by atoms with Crippen molar-refractivity contribution >= 4 is 19.4 Å². The molecule has 144 valence electrons. The van der Waals surface area contributed by atoms with E-state index in [-0.39, 0.29) is 18.2 Å². The number of nitrogens with zero attached hydrogens (tertiary/aromatic N) is 1. The first-order valence-electron chi connectivity index (χ1n) is 9.74. The lowest BCUT2D eigenvalue weighted by Crippen LogP contribution is -2.53. The van der Waals surface area contributed by atoms with Crippen molar-refractivity contribution in [3.05, 3.63) is 29.8 Å². The molecule has 2 heterocycles. The lowest BCUT2D eigenvalue weighted by Gasteiger charge is -2.44. The summed E-state index contributed by atoms with van der Waals surface area (Å²) in [6.45, 7) is 12.7. The highest BCUT2D eigenvalue weighted by Gasteiger charge is 2.51. The number of benzene rings is 1. The Labute approximate surface area is 158 Å². The quantitative estimate of drug-likeness (QED) is 0.796. The van der Waals surface area contributed by atoms with Gasteiger partial charge in [-0.2, -0.15) is 0 Å². The van der Waals surface area contributed by atoms with Crippen molar-refractivity contribution in [3.63, 3.8) is 0 Å². The highest BCUT2D eigenvalue weighted by Crippen LogP contribution is 2.46. The van der Waals surface area contributed by atoms with Gasteiger partial charge in [-0.3, -0.25) is 0 Å². The summed E-state index contributed by atoms with van der Waals surface area (Å²) in [6.07, 6.45) is 2.84. The van der Waals surface area contributed by atoms with Crippen LogP contribution in [0.25, 0.3) is 0 Å². The predicted molar refractivity (Wildman–Crippen MR) is 107 cm³/mol. The van der Waals surface area contributed by atoms with Crippen LogP contribution in [0.1, 0.15) is 52.0 Å². The highest BCUT2D eigenvalue weighted by molar-refractivity contribution is 6.88. The minimum absolute atomic E-state index is 0.0604. The van der Waals surface area contributed by atoms with Crippen LogP contribution in [0.2, 0.25) is 19.6 Å². The van der Waals surface area contributed by atoms with Crippen LogP contribution in [0.4, 0.5) is 4.79 Å². The molecule has 2 unspecified atom stereocenters. The zero-order chi connectivity index (χ0) is 19.3. The van der Waals surface area contributed by atoms with E-state index in [4.69, 9.17) is 4.74 Å². The van der Waals surface area contributed by atoms with Crippen LogP contribution in [-0.2, 0) is 10.3 Å². The lowest BCUT2D eigenvalue weighted by molar-refractivity contribution is -0.0624. The Morgan fingerprint density at radius 2 is 1.62 bits per heavy atom. The van der Waals surface area contributed by atoms with E-state index < -0.39 is 19.3 Å². The Balaban J connectivity index is 1.78. The van der Waals surface area contributed by atoms with Gasteiger partial charge in [-0.1, -0.05) is 49.1 Å². The molecule has 1 N–H and O–H groups in total. The van der Waals surface area contributed by atoms with Crippen LogP contribution in [0.3, 0.4) is 0 Å². The van der Waals surface area contributed by atoms with Crippen molar-refractivity contribution in [2.75, 3.05) is 0 Å². The predicted octanol–water partition coefficient (Wildman–Crippen LogP) is 3.98. The van der Waals surface area contributed by atoms with E-state index in [2.05, 4.69) is 43.9 Å². The number of carbonyl (C=O) groups is 1. The van der Waals surface area contributed by atoms with Crippen molar-refractivity contribution in [3.8, 4) is 0 Å². The molecular formula is C21H33NO3Si. The lowest BCUT2D eigenvalue weighted by atomic mass is 9.80. The molecule has 1 aromatic rings. The van der Waals surface area contributed by atoms with Gasteiger partial charge in [0.15, 0.2) is 0 Å². The summed E-state index contributed by atoms with van der Waals surface area (Å²) < 4.78 is 5.60. The number of hydrogen-bond acceptors (Lipinski definition) is 3. The number of fused-ring (bicyclic) bond motifs is 2. The molecule has 2 fully saturated rings. The molecule has 1 aromatic carbocycles. The van der Waals surface area contributed by atoms with Gasteiger partial charge in [0, 0.05) is 24.9 Å². The number of piperidine rings is 1. The zero-order valence-corrected chi connectivity index (χ0v) is 18.0. The van der Waals surface area contributed by atoms with Gasteiger partial charge in [-0.15, -0.1) is 0 Å². The van der Waals surface area contributed by atoms with Gasteiger partial charge in [0.25, 0.3) is 0 Å². The van der Waals surface area contributed by atoms with Crippen molar-refractivity contribution < 1.29 is 14.6 Å². The van der Waals surface area contributed by atoms with E-state index in [1.165, 1.54) is 5.19 Å². The average Bonchev–Trinajstić information content (AvgIpc) is 2.78. The van der Waals surface area contributed by atoms with Crippen LogP contribution in [0.15, 0.2) is 24.3 Å². The molecule has 2 aliphatic heterocycles. The van der Waals surface area contributed by atoms with Gasteiger partial charge in [0.1, 0.15) is 5.60 Å². The molecule has 2 bridgehead atoms. The molecule has 0 spiro atoms. The highest BCUT2D eigenvalue weighted by atomic mass is 28.3. The monoisotopic (exact) mass is 375 g/mol. The van der Waals surface area contributed by atoms with Crippen LogP contribution in [0, 0.1) is 0 Å². The van der Waals surface area contributed by atoms with E-state index in [9.17, 15) is 9.90 Å². The van der Waals surface area contributed by atoms with Gasteiger partial charge in [-0.25, -0.2) is 4.79 Å². The average molecular weight is 376 g/mol. The summed E-state index contributed by atoms with van der Waals surface area (Å²) >= 11 is 0. The topological polar surface area (TPSA) is 49.8 Å². The van der Waals surface area contributed by atoms with Gasteiger partial charge in [-0.05, 0) is 39.2 Å². The number of hydrogen-bond donors (Lipinski definition) is 1. The van der Waals surface area contributed by atoms with Gasteiger partial charge >= 0.3 is 6.09 Å². The second kappa shape index (κ2) is 6.38. The third-order valence-electron chi connectivity index (χ3n) is 5.66. The molecule has 2 aliphatic rings. The minimum atomic E-state index is -1.34. The molecule has 3 rings (SSSR count). The molecule has 5 heteroatoms. The number of ether oxygens (including phenoxy) is 1. The van der Waals surface area contributed by atoms with Crippen LogP contribution in [-0.4, -0.2) is 41.9 Å². The third-order valence-corrected chi connectivity index (χ3v) is 7.72. The Hall–Kier alpha value is -1.33. The van der Waals surface area contributed by atoms with Crippen LogP contribution < -0.4 is 5.19 Å². The Morgan fingerprint density at radius 1 is 1.12 bits per heavy atom. The van der Waals surface area contributed by atoms with Crippen LogP contribution >= 0.6 is 0 Å². The number of carbonyl (C=O) groups excluding carboxylic acids is 1. The SMILES string of the molecule is CC(C)(C)OC(=O)N1C2CCC1CC(O)(c1ccc([Si](C)(C)C)cc1)C2. The first-order valence-corrected chi connectivity index (χ1v) is 13.2. The smallest absolute Gasteiger partial charge is 0.410 e. The zero-order valence-electron chi connectivity index (χ0n) is 17.0. The first-order chi connectivity index (χ1) is 11.9. The van der Waals surface area contributed by atoms with E-state index in [1.54, 1.807) is 0 Å². The fourth-order valence-electron chi connectivity index (χ4n) is 4.35. The van der Waals surface area contributed by atoms with E-state index >= 15 is 0 Å². The summed E-state index contributed by atoms with van der Waals surface area (Å²) in [7, 11) is -1.34. The fourth-order valence-corrected chi connectivity index (χ4v) is 5.52. The first kappa shape index (κ1) is 19.4. The Morgan fingerprint density at radius 3 is 2.04 bits per heavy atom. The summed E-state index contributed by atoms with van der Waals surface area (Å²) in [5.74, 6) is 0. The molecule has 0 radical (unpaired) electrons. The molecule has 0 aromatic heterocycles. The summed E-state index contributed by atoms with van der Waals surface area (Å²) in [5, 5.41) is 12.8. The summed E-state index contributed by atoms with van der Waals surface area (Å²) in [5.41, 5.74) is -0.348. The van der Waals surface area contributed by atoms with Crippen molar-refractivity contribution in [1.29, 1.82) is 0 Å². The number of rotatable bonds is 2. The largest absolute Gasteiger partial charge is 0.444 e. The maximum absolute atomic E-state index is 12.6. The van der Waals surface area contributed by atoms with Gasteiger partial charge < -0.3 is 14.7 Å². The van der Waals surface area contributed by atoms with E-state index in [0.29, 0.717) is 12.8 Å². The number of amides is 1. The molecule has 26 heavy (non-hydrogen) atoms. The second-order valence-corrected chi connectivity index (χ2v) is 15.1.